The number of aryl methyl sites for hydroxylation is 1. The second-order valence-corrected chi connectivity index (χ2v) is 11.0. The number of aromatic nitrogens is 2. The van der Waals surface area contributed by atoms with Crippen LogP contribution in [0.1, 0.15) is 24.6 Å². The van der Waals surface area contributed by atoms with E-state index in [-0.39, 0.29) is 11.7 Å². The van der Waals surface area contributed by atoms with Gasteiger partial charge in [-0.1, -0.05) is 67.9 Å². The normalized spacial score (nSPS) is 13.7. The van der Waals surface area contributed by atoms with Crippen molar-refractivity contribution in [1.29, 1.82) is 0 Å². The first-order valence-corrected chi connectivity index (χ1v) is 14.4. The Hall–Kier alpha value is -3.81. The van der Waals surface area contributed by atoms with E-state index in [0.29, 0.717) is 49.0 Å². The maximum Gasteiger partial charge on any atom is 0.246 e. The number of carbonyl (C=O) groups is 1. The molecule has 2 aromatic heterocycles. The second-order valence-electron chi connectivity index (χ2n) is 10.6. The van der Waals surface area contributed by atoms with E-state index in [1.54, 1.807) is 23.1 Å². The molecule has 5 rings (SSSR count). The van der Waals surface area contributed by atoms with Crippen LogP contribution < -0.4 is 4.90 Å². The molecule has 1 aliphatic rings. The Balaban J connectivity index is 1.80. The standard InChI is InChI=1S/C33H35ClFN5O/c1-5-11-22-12-7-8-13-23(22)30-28(21-38(3)4)36-33(40-18-16-39(17-19-40)29(41)6-2)25-20-26(34)31(37-32(25)30)24-14-9-10-15-27(24)35/h6-10,12-15,20H,2,5,11,16-19,21H2,1,3-4H3. The van der Waals surface area contributed by atoms with Crippen molar-refractivity contribution in [2.75, 3.05) is 45.2 Å². The maximum atomic E-state index is 15.0. The van der Waals surface area contributed by atoms with E-state index in [2.05, 4.69) is 41.5 Å². The summed E-state index contributed by atoms with van der Waals surface area (Å²) in [6, 6.07) is 16.8. The molecule has 1 fully saturated rings. The Labute approximate surface area is 246 Å². The molecule has 6 nitrogen and oxygen atoms in total. The van der Waals surface area contributed by atoms with Crippen LogP contribution in [-0.4, -0.2) is 65.9 Å². The van der Waals surface area contributed by atoms with E-state index in [1.165, 1.54) is 17.7 Å². The summed E-state index contributed by atoms with van der Waals surface area (Å²) in [6.07, 6.45) is 3.26. The van der Waals surface area contributed by atoms with Gasteiger partial charge >= 0.3 is 0 Å². The number of carbonyl (C=O) groups excluding carboxylic acids is 1. The minimum Gasteiger partial charge on any atom is -0.352 e. The number of nitrogens with zero attached hydrogens (tertiary/aromatic N) is 5. The van der Waals surface area contributed by atoms with E-state index in [4.69, 9.17) is 21.6 Å². The van der Waals surface area contributed by atoms with Crippen LogP contribution in [0.15, 0.2) is 67.3 Å². The lowest BCUT2D eigenvalue weighted by Gasteiger charge is -2.36. The Bertz CT molecular complexity index is 1600. The number of anilines is 1. The van der Waals surface area contributed by atoms with Crippen molar-refractivity contribution in [2.45, 2.75) is 26.3 Å². The number of amides is 1. The van der Waals surface area contributed by atoms with Gasteiger partial charge in [0.25, 0.3) is 0 Å². The van der Waals surface area contributed by atoms with E-state index in [9.17, 15) is 4.79 Å². The summed E-state index contributed by atoms with van der Waals surface area (Å²) in [6.45, 7) is 8.74. The van der Waals surface area contributed by atoms with Crippen molar-refractivity contribution in [3.8, 4) is 22.4 Å². The molecule has 1 saturated heterocycles. The van der Waals surface area contributed by atoms with Crippen LogP contribution in [0.4, 0.5) is 10.2 Å². The summed E-state index contributed by atoms with van der Waals surface area (Å²) >= 11 is 6.86. The minimum atomic E-state index is -0.375. The third kappa shape index (κ3) is 5.83. The van der Waals surface area contributed by atoms with Crippen LogP contribution in [0.5, 0.6) is 0 Å². The summed E-state index contributed by atoms with van der Waals surface area (Å²) in [5, 5.41) is 1.17. The van der Waals surface area contributed by atoms with Gasteiger partial charge in [-0.2, -0.15) is 0 Å². The van der Waals surface area contributed by atoms with Gasteiger partial charge in [0, 0.05) is 49.2 Å². The number of pyridine rings is 2. The van der Waals surface area contributed by atoms with Crippen molar-refractivity contribution >= 4 is 34.2 Å². The van der Waals surface area contributed by atoms with Crippen LogP contribution in [0, 0.1) is 5.82 Å². The summed E-state index contributed by atoms with van der Waals surface area (Å²) in [4.78, 5) is 28.7. The Kier molecular flexibility index (Phi) is 8.66. The fraction of sp³-hybridized carbons (Fsp3) is 0.303. The average molecular weight is 572 g/mol. The van der Waals surface area contributed by atoms with Gasteiger partial charge in [0.05, 0.1) is 21.9 Å². The molecule has 0 aliphatic carbocycles. The first-order valence-electron chi connectivity index (χ1n) is 14.0. The van der Waals surface area contributed by atoms with E-state index >= 15 is 4.39 Å². The minimum absolute atomic E-state index is 0.0714. The molecule has 1 amide bonds. The van der Waals surface area contributed by atoms with Gasteiger partial charge < -0.3 is 14.7 Å². The maximum absolute atomic E-state index is 15.0. The highest BCUT2D eigenvalue weighted by Gasteiger charge is 2.27. The monoisotopic (exact) mass is 571 g/mol. The smallest absolute Gasteiger partial charge is 0.246 e. The number of piperazine rings is 1. The third-order valence-electron chi connectivity index (χ3n) is 7.45. The molecular weight excluding hydrogens is 537 g/mol. The van der Waals surface area contributed by atoms with Crippen LogP contribution in [-0.2, 0) is 17.8 Å². The second kappa shape index (κ2) is 12.4. The lowest BCUT2D eigenvalue weighted by atomic mass is 9.93. The van der Waals surface area contributed by atoms with Gasteiger partial charge in [-0.25, -0.2) is 14.4 Å². The molecule has 1 aliphatic heterocycles. The molecule has 41 heavy (non-hydrogen) atoms. The largest absolute Gasteiger partial charge is 0.352 e. The highest BCUT2D eigenvalue weighted by Crippen LogP contribution is 2.41. The Morgan fingerprint density at radius 3 is 2.39 bits per heavy atom. The lowest BCUT2D eigenvalue weighted by molar-refractivity contribution is -0.126. The number of benzene rings is 2. The van der Waals surface area contributed by atoms with Crippen LogP contribution >= 0.6 is 11.6 Å². The molecule has 0 spiro atoms. The predicted molar refractivity (Wildman–Crippen MR) is 166 cm³/mol. The molecule has 3 heterocycles. The van der Waals surface area contributed by atoms with Crippen molar-refractivity contribution < 1.29 is 9.18 Å². The van der Waals surface area contributed by atoms with Gasteiger partial charge in [-0.05, 0) is 55.9 Å². The quantitative estimate of drug-likeness (QED) is 0.223. The number of rotatable bonds is 8. The summed E-state index contributed by atoms with van der Waals surface area (Å²) < 4.78 is 15.0. The van der Waals surface area contributed by atoms with Crippen molar-refractivity contribution in [3.63, 3.8) is 0 Å². The number of halogens is 2. The van der Waals surface area contributed by atoms with E-state index in [1.807, 2.05) is 26.2 Å². The van der Waals surface area contributed by atoms with Crippen molar-refractivity contribution in [2.24, 2.45) is 0 Å². The summed E-state index contributed by atoms with van der Waals surface area (Å²) in [5.41, 5.74) is 5.62. The zero-order chi connectivity index (χ0) is 29.1. The molecule has 2 aromatic carbocycles. The highest BCUT2D eigenvalue weighted by molar-refractivity contribution is 6.34. The van der Waals surface area contributed by atoms with Crippen LogP contribution in [0.2, 0.25) is 5.02 Å². The summed E-state index contributed by atoms with van der Waals surface area (Å²) in [7, 11) is 4.04. The third-order valence-corrected chi connectivity index (χ3v) is 7.74. The summed E-state index contributed by atoms with van der Waals surface area (Å²) in [5.74, 6) is 0.326. The Morgan fingerprint density at radius 1 is 1.05 bits per heavy atom. The highest BCUT2D eigenvalue weighted by atomic mass is 35.5. The predicted octanol–water partition coefficient (Wildman–Crippen LogP) is 6.61. The molecule has 4 aromatic rings. The van der Waals surface area contributed by atoms with Gasteiger partial charge in [0.1, 0.15) is 11.6 Å². The van der Waals surface area contributed by atoms with E-state index in [0.717, 1.165) is 46.4 Å². The van der Waals surface area contributed by atoms with E-state index < -0.39 is 0 Å². The topological polar surface area (TPSA) is 52.6 Å². The van der Waals surface area contributed by atoms with Gasteiger partial charge in [-0.15, -0.1) is 0 Å². The van der Waals surface area contributed by atoms with Gasteiger partial charge in [0.2, 0.25) is 5.91 Å². The molecule has 8 heteroatoms. The molecule has 0 unspecified atom stereocenters. The zero-order valence-corrected chi connectivity index (χ0v) is 24.6. The lowest BCUT2D eigenvalue weighted by Crippen LogP contribution is -2.48. The average Bonchev–Trinajstić information content (AvgIpc) is 2.97. The fourth-order valence-corrected chi connectivity index (χ4v) is 5.78. The molecule has 0 bridgehead atoms. The molecule has 0 saturated carbocycles. The molecular formula is C33H35ClFN5O. The van der Waals surface area contributed by atoms with Gasteiger partial charge in [0.15, 0.2) is 0 Å². The molecule has 0 N–H and O–H groups in total. The number of hydrogen-bond acceptors (Lipinski definition) is 5. The SMILES string of the molecule is C=CC(=O)N1CCN(c2nc(CN(C)C)c(-c3ccccc3CCC)c3nc(-c4ccccc4F)c(Cl)cc23)CC1. The van der Waals surface area contributed by atoms with Crippen molar-refractivity contribution in [1.82, 2.24) is 19.8 Å². The number of fused-ring (bicyclic) bond motifs is 1. The molecule has 0 atom stereocenters. The Morgan fingerprint density at radius 2 is 1.73 bits per heavy atom. The van der Waals surface area contributed by atoms with Crippen molar-refractivity contribution in [3.05, 3.63) is 89.3 Å². The van der Waals surface area contributed by atoms with Crippen LogP contribution in [0.25, 0.3) is 33.3 Å². The molecule has 0 radical (unpaired) electrons. The fourth-order valence-electron chi connectivity index (χ4n) is 5.53. The molecule has 212 valence electrons. The first kappa shape index (κ1) is 28.7. The zero-order valence-electron chi connectivity index (χ0n) is 23.8. The first-order chi connectivity index (χ1) is 19.8. The number of hydrogen-bond donors (Lipinski definition) is 0. The van der Waals surface area contributed by atoms with Gasteiger partial charge in [-0.3, -0.25) is 4.79 Å². The van der Waals surface area contributed by atoms with Crippen LogP contribution in [0.3, 0.4) is 0 Å².